The minimum atomic E-state index is -0.893. The molecule has 3 heterocycles. The van der Waals surface area contributed by atoms with E-state index in [1.807, 2.05) is 0 Å². The van der Waals surface area contributed by atoms with Crippen molar-refractivity contribution >= 4 is 52.2 Å². The number of ether oxygens (including phenoxy) is 1. The third-order valence-corrected chi connectivity index (χ3v) is 9.66. The highest BCUT2D eigenvalue weighted by Gasteiger charge is 2.57. The molecule has 2 unspecified atom stereocenters. The van der Waals surface area contributed by atoms with Gasteiger partial charge in [-0.2, -0.15) is 0 Å². The highest BCUT2D eigenvalue weighted by atomic mass is 32.2. The molecule has 41 heavy (non-hydrogen) atoms. The van der Waals surface area contributed by atoms with Crippen LogP contribution in [0.5, 0.6) is 11.5 Å². The van der Waals surface area contributed by atoms with Crippen LogP contribution in [-0.2, 0) is 20.9 Å². The van der Waals surface area contributed by atoms with Gasteiger partial charge >= 0.3 is 4.87 Å². The number of hydrogen-bond acceptors (Lipinski definition) is 8. The number of benzene rings is 3. The van der Waals surface area contributed by atoms with E-state index >= 15 is 0 Å². The van der Waals surface area contributed by atoms with Crippen molar-refractivity contribution in [2.75, 3.05) is 17.3 Å². The Morgan fingerprint density at radius 3 is 2.41 bits per heavy atom. The van der Waals surface area contributed by atoms with Crippen LogP contribution in [0, 0.1) is 11.7 Å². The maximum atomic E-state index is 13.9. The minimum absolute atomic E-state index is 0.0462. The van der Waals surface area contributed by atoms with Crippen LogP contribution in [0.3, 0.4) is 0 Å². The molecule has 3 atom stereocenters. The zero-order valence-electron chi connectivity index (χ0n) is 21.4. The number of phenols is 1. The van der Waals surface area contributed by atoms with Crippen LogP contribution in [0.15, 0.2) is 82.6 Å². The summed E-state index contributed by atoms with van der Waals surface area (Å²) in [6.07, 6.45) is 0. The van der Waals surface area contributed by atoms with Gasteiger partial charge in [0.25, 0.3) is 0 Å². The third kappa shape index (κ3) is 4.68. The van der Waals surface area contributed by atoms with Crippen LogP contribution < -0.4 is 19.8 Å². The number of nitrogens with zero attached hydrogens (tertiary/aromatic N) is 2. The summed E-state index contributed by atoms with van der Waals surface area (Å²) in [6.45, 7) is -0.321. The lowest BCUT2D eigenvalue weighted by Gasteiger charge is -2.31. The van der Waals surface area contributed by atoms with Gasteiger partial charge in [0.05, 0.1) is 23.7 Å². The second kappa shape index (κ2) is 10.5. The van der Waals surface area contributed by atoms with Gasteiger partial charge in [-0.25, -0.2) is 9.29 Å². The van der Waals surface area contributed by atoms with E-state index in [0.29, 0.717) is 26.9 Å². The van der Waals surface area contributed by atoms with Crippen LogP contribution in [-0.4, -0.2) is 39.8 Å². The lowest BCUT2D eigenvalue weighted by Crippen LogP contribution is -2.33. The fourth-order valence-electron chi connectivity index (χ4n) is 5.25. The van der Waals surface area contributed by atoms with Gasteiger partial charge in [-0.15, -0.1) is 0 Å². The first kappa shape index (κ1) is 26.8. The van der Waals surface area contributed by atoms with Crippen LogP contribution in [0.1, 0.15) is 16.4 Å². The van der Waals surface area contributed by atoms with E-state index in [9.17, 15) is 28.7 Å². The van der Waals surface area contributed by atoms with E-state index in [2.05, 4.69) is 5.32 Å². The quantitative estimate of drug-likeness (QED) is 0.255. The number of hydrogen-bond donors (Lipinski definition) is 2. The molecule has 2 N–H and O–H groups in total. The molecule has 0 saturated carbocycles. The Hall–Kier alpha value is -4.42. The highest BCUT2D eigenvalue weighted by Crippen LogP contribution is 2.55. The number of aromatic hydroxyl groups is 1. The average Bonchev–Trinajstić information content (AvgIpc) is 3.41. The molecule has 1 aromatic heterocycles. The highest BCUT2D eigenvalue weighted by molar-refractivity contribution is 8.00. The normalized spacial score (nSPS) is 19.6. The molecule has 12 heteroatoms. The summed E-state index contributed by atoms with van der Waals surface area (Å²) >= 11 is 2.01. The summed E-state index contributed by atoms with van der Waals surface area (Å²) in [5.74, 6) is -2.94. The van der Waals surface area contributed by atoms with E-state index < -0.39 is 45.5 Å². The van der Waals surface area contributed by atoms with Gasteiger partial charge in [0.1, 0.15) is 29.1 Å². The number of para-hydroxylation sites is 1. The maximum Gasteiger partial charge on any atom is 0.308 e. The minimum Gasteiger partial charge on any atom is -0.508 e. The van der Waals surface area contributed by atoms with Crippen LogP contribution >= 0.6 is 23.1 Å². The first-order valence-corrected chi connectivity index (χ1v) is 14.2. The van der Waals surface area contributed by atoms with Crippen molar-refractivity contribution < 1.29 is 28.6 Å². The zero-order valence-corrected chi connectivity index (χ0v) is 23.1. The predicted molar refractivity (Wildman–Crippen MR) is 152 cm³/mol. The largest absolute Gasteiger partial charge is 0.508 e. The molecule has 208 valence electrons. The van der Waals surface area contributed by atoms with Crippen LogP contribution in [0.2, 0.25) is 0 Å². The first-order chi connectivity index (χ1) is 19.8. The fraction of sp³-hybridized carbons (Fsp3) is 0.172. The number of carbonyl (C=O) groups excluding carboxylic acids is 3. The lowest BCUT2D eigenvalue weighted by molar-refractivity contribution is -0.122. The van der Waals surface area contributed by atoms with Gasteiger partial charge in [0.2, 0.25) is 17.7 Å². The molecule has 9 nitrogen and oxygen atoms in total. The summed E-state index contributed by atoms with van der Waals surface area (Å²) in [6, 6.07) is 18.2. The van der Waals surface area contributed by atoms with Crippen molar-refractivity contribution in [1.82, 2.24) is 4.57 Å². The van der Waals surface area contributed by atoms with E-state index in [4.69, 9.17) is 4.74 Å². The molecule has 0 bridgehead atoms. The summed E-state index contributed by atoms with van der Waals surface area (Å²) in [5.41, 5.74) is 1.33. The molecule has 3 amide bonds. The number of thiazole rings is 1. The molecule has 2 aliphatic rings. The van der Waals surface area contributed by atoms with E-state index in [1.165, 1.54) is 60.2 Å². The average molecular weight is 592 g/mol. The van der Waals surface area contributed by atoms with Crippen molar-refractivity contribution in [2.45, 2.75) is 22.7 Å². The van der Waals surface area contributed by atoms with E-state index in [-0.39, 0.29) is 18.0 Å². The Balaban J connectivity index is 1.43. The van der Waals surface area contributed by atoms with Crippen LogP contribution in [0.4, 0.5) is 15.8 Å². The monoisotopic (exact) mass is 591 g/mol. The number of nitrogens with one attached hydrogen (secondary N) is 1. The first-order valence-electron chi connectivity index (χ1n) is 12.5. The molecule has 2 aliphatic heterocycles. The Labute approximate surface area is 241 Å². The van der Waals surface area contributed by atoms with Crippen molar-refractivity contribution in [1.29, 1.82) is 0 Å². The second-order valence-electron chi connectivity index (χ2n) is 9.49. The standard InChI is InChI=1S/C29H22FN3O6S2/c1-39-20-5-3-2-4-19(20)22-23-24(27(37)33(26(23)36)17-10-6-15(30)7-11-17)40-28-25(22)41-29(38)32(28)14-21(35)31-16-8-12-18(34)13-9-16/h2-13,22-24,34H,14H2,1H3,(H,31,35)/t22-,23?,24?/m1/s1. The number of amides is 3. The molecule has 0 radical (unpaired) electrons. The number of carbonyl (C=O) groups is 3. The van der Waals surface area contributed by atoms with Gasteiger partial charge in [0, 0.05) is 22.0 Å². The SMILES string of the molecule is COc1ccccc1[C@H]1c2sc(=O)n(CC(=O)Nc3ccc(O)cc3)c2SC2C(=O)N(c3ccc(F)cc3)C(=O)C21. The molecular formula is C29H22FN3O6S2. The number of anilines is 2. The molecule has 0 spiro atoms. The molecule has 0 aliphatic carbocycles. The molecule has 3 aromatic carbocycles. The number of methoxy groups -OCH3 is 1. The smallest absolute Gasteiger partial charge is 0.308 e. The summed E-state index contributed by atoms with van der Waals surface area (Å²) in [7, 11) is 1.50. The summed E-state index contributed by atoms with van der Waals surface area (Å²) < 4.78 is 20.6. The zero-order chi connectivity index (χ0) is 28.8. The summed E-state index contributed by atoms with van der Waals surface area (Å²) in [5, 5.41) is 11.7. The Morgan fingerprint density at radius 2 is 1.71 bits per heavy atom. The third-order valence-electron chi connectivity index (χ3n) is 7.06. The number of aromatic nitrogens is 1. The second-order valence-corrected chi connectivity index (χ2v) is 11.6. The summed E-state index contributed by atoms with van der Waals surface area (Å²) in [4.78, 5) is 55.1. The van der Waals surface area contributed by atoms with Gasteiger partial charge in [0.15, 0.2) is 0 Å². The Bertz CT molecular complexity index is 1730. The van der Waals surface area contributed by atoms with Gasteiger partial charge in [-0.05, 0) is 54.6 Å². The fourth-order valence-corrected chi connectivity index (χ4v) is 8.01. The number of imide groups is 1. The van der Waals surface area contributed by atoms with E-state index in [0.717, 1.165) is 28.0 Å². The van der Waals surface area contributed by atoms with Gasteiger partial charge in [-0.1, -0.05) is 41.3 Å². The number of fused-ring (bicyclic) bond motifs is 2. The Kier molecular flexibility index (Phi) is 6.88. The number of thioether (sulfide) groups is 1. The van der Waals surface area contributed by atoms with Gasteiger partial charge < -0.3 is 15.2 Å². The van der Waals surface area contributed by atoms with Crippen molar-refractivity contribution in [3.05, 3.63) is 98.7 Å². The van der Waals surface area contributed by atoms with Gasteiger partial charge in [-0.3, -0.25) is 23.7 Å². The number of rotatable bonds is 6. The molecular weight excluding hydrogens is 569 g/mol. The van der Waals surface area contributed by atoms with Crippen molar-refractivity contribution in [3.8, 4) is 11.5 Å². The molecule has 6 rings (SSSR count). The lowest BCUT2D eigenvalue weighted by atomic mass is 9.82. The number of halogens is 1. The van der Waals surface area contributed by atoms with Crippen molar-refractivity contribution in [2.24, 2.45) is 5.92 Å². The maximum absolute atomic E-state index is 13.9. The Morgan fingerprint density at radius 1 is 1.00 bits per heavy atom. The van der Waals surface area contributed by atoms with E-state index in [1.54, 1.807) is 24.3 Å². The van der Waals surface area contributed by atoms with Crippen LogP contribution in [0.25, 0.3) is 0 Å². The molecule has 4 aromatic rings. The molecule has 1 fully saturated rings. The number of phenolic OH excluding ortho intramolecular Hbond substituents is 1. The van der Waals surface area contributed by atoms with Crippen molar-refractivity contribution in [3.63, 3.8) is 0 Å². The topological polar surface area (TPSA) is 118 Å². The predicted octanol–water partition coefficient (Wildman–Crippen LogP) is 4.20. The molecule has 1 saturated heterocycles.